The van der Waals surface area contributed by atoms with Crippen LogP contribution in [0, 0.1) is 29.1 Å². The normalized spacial score (nSPS) is 52.1. The molecule has 0 N–H and O–H groups in total. The molecule has 2 saturated heterocycles. The van der Waals surface area contributed by atoms with Gasteiger partial charge >= 0.3 is 11.9 Å². The first-order valence-electron chi connectivity index (χ1n) is 11.1. The molecule has 8 unspecified atom stereocenters. The fourth-order valence-electron chi connectivity index (χ4n) is 8.24. The fraction of sp³-hybridized carbons (Fsp3) is 0.783. The first kappa shape index (κ1) is 18.1. The van der Waals surface area contributed by atoms with E-state index in [1.54, 1.807) is 6.08 Å². The highest BCUT2D eigenvalue weighted by atomic mass is 16.6. The van der Waals surface area contributed by atoms with Gasteiger partial charge in [0.05, 0.1) is 19.1 Å². The molecule has 8 atom stereocenters. The van der Waals surface area contributed by atoms with Crippen LogP contribution in [0.25, 0.3) is 0 Å². The third kappa shape index (κ3) is 2.04. The molecule has 156 valence electrons. The van der Waals surface area contributed by atoms with E-state index in [9.17, 15) is 14.4 Å². The number of ether oxygens (including phenoxy) is 3. The predicted molar refractivity (Wildman–Crippen MR) is 101 cm³/mol. The van der Waals surface area contributed by atoms with Gasteiger partial charge in [-0.2, -0.15) is 0 Å². The van der Waals surface area contributed by atoms with E-state index in [2.05, 4.69) is 6.92 Å². The van der Waals surface area contributed by atoms with Crippen LogP contribution in [0.2, 0.25) is 0 Å². The standard InChI is InChI=1S/C23H28O6/c1-21-6-3-13(24)9-12(21)10-15(20(26)27-2)19-14-4-7-22(8-5-18(25)29-22)16(14)11-17-23(19,21)28-17/h9,14-17,19H,3-8,10-11H2,1-2H3. The minimum atomic E-state index is -0.383. The van der Waals surface area contributed by atoms with Crippen LogP contribution in [0.4, 0.5) is 0 Å². The lowest BCUT2D eigenvalue weighted by molar-refractivity contribution is -0.160. The number of fused-ring (bicyclic) bond motifs is 4. The number of ketones is 1. The number of carbonyl (C=O) groups excluding carboxylic acids is 3. The zero-order valence-corrected chi connectivity index (χ0v) is 17.1. The van der Waals surface area contributed by atoms with Crippen LogP contribution in [0.1, 0.15) is 58.3 Å². The van der Waals surface area contributed by atoms with Crippen molar-refractivity contribution in [3.63, 3.8) is 0 Å². The van der Waals surface area contributed by atoms with Gasteiger partial charge in [0.15, 0.2) is 5.78 Å². The molecule has 6 aliphatic rings. The molecule has 2 aliphatic heterocycles. The highest BCUT2D eigenvalue weighted by molar-refractivity contribution is 5.92. The summed E-state index contributed by atoms with van der Waals surface area (Å²) in [6.45, 7) is 2.24. The number of hydrogen-bond acceptors (Lipinski definition) is 6. The monoisotopic (exact) mass is 400 g/mol. The minimum Gasteiger partial charge on any atom is -0.469 e. The molecule has 6 nitrogen and oxygen atoms in total. The number of carbonyl (C=O) groups is 3. The van der Waals surface area contributed by atoms with Crippen LogP contribution < -0.4 is 0 Å². The van der Waals surface area contributed by atoms with Gasteiger partial charge in [-0.15, -0.1) is 0 Å². The molecule has 4 aliphatic carbocycles. The topological polar surface area (TPSA) is 82.2 Å². The summed E-state index contributed by atoms with van der Waals surface area (Å²) >= 11 is 0. The lowest BCUT2D eigenvalue weighted by Gasteiger charge is -2.55. The number of epoxide rings is 1. The number of hydrogen-bond donors (Lipinski definition) is 0. The van der Waals surface area contributed by atoms with Gasteiger partial charge in [-0.25, -0.2) is 0 Å². The third-order valence-corrected chi connectivity index (χ3v) is 9.50. The van der Waals surface area contributed by atoms with Crippen molar-refractivity contribution in [3.05, 3.63) is 11.6 Å². The van der Waals surface area contributed by atoms with Crippen molar-refractivity contribution in [2.45, 2.75) is 75.6 Å². The lowest BCUT2D eigenvalue weighted by Crippen LogP contribution is -2.60. The van der Waals surface area contributed by atoms with Crippen molar-refractivity contribution < 1.29 is 28.6 Å². The molecule has 0 bridgehead atoms. The molecule has 5 fully saturated rings. The Kier molecular flexibility index (Phi) is 3.44. The van der Waals surface area contributed by atoms with E-state index in [1.807, 2.05) is 0 Å². The number of rotatable bonds is 1. The Hall–Kier alpha value is -1.69. The van der Waals surface area contributed by atoms with Gasteiger partial charge in [0.1, 0.15) is 11.2 Å². The summed E-state index contributed by atoms with van der Waals surface area (Å²) < 4.78 is 17.7. The summed E-state index contributed by atoms with van der Waals surface area (Å²) in [4.78, 5) is 37.1. The molecule has 0 aromatic carbocycles. The lowest BCUT2D eigenvalue weighted by atomic mass is 9.46. The largest absolute Gasteiger partial charge is 0.469 e. The molecule has 29 heavy (non-hydrogen) atoms. The van der Waals surface area contributed by atoms with Gasteiger partial charge in [-0.1, -0.05) is 12.5 Å². The van der Waals surface area contributed by atoms with Crippen molar-refractivity contribution in [2.75, 3.05) is 7.11 Å². The van der Waals surface area contributed by atoms with Gasteiger partial charge in [0, 0.05) is 30.1 Å². The van der Waals surface area contributed by atoms with Gasteiger partial charge < -0.3 is 14.2 Å². The van der Waals surface area contributed by atoms with Crippen molar-refractivity contribution in [2.24, 2.45) is 29.1 Å². The Morgan fingerprint density at radius 3 is 2.76 bits per heavy atom. The number of esters is 2. The van der Waals surface area contributed by atoms with Crippen LogP contribution in [-0.4, -0.2) is 42.1 Å². The van der Waals surface area contributed by atoms with Gasteiger partial charge in [0.25, 0.3) is 0 Å². The number of methoxy groups -OCH3 is 1. The molecule has 0 aromatic rings. The highest BCUT2D eigenvalue weighted by Crippen LogP contribution is 2.75. The summed E-state index contributed by atoms with van der Waals surface area (Å²) in [5.74, 6) is 0.179. The quantitative estimate of drug-likeness (QED) is 0.497. The maximum atomic E-state index is 12.9. The Morgan fingerprint density at radius 1 is 1.21 bits per heavy atom. The SMILES string of the molecule is COC(=O)C1CC2=CC(=O)CCC2(C)C23OC2CC2C(CCC24CCC(=O)O4)C13. The smallest absolute Gasteiger partial charge is 0.309 e. The van der Waals surface area contributed by atoms with E-state index in [0.29, 0.717) is 25.2 Å². The van der Waals surface area contributed by atoms with Crippen molar-refractivity contribution in [1.29, 1.82) is 0 Å². The van der Waals surface area contributed by atoms with E-state index in [1.165, 1.54) is 7.11 Å². The summed E-state index contributed by atoms with van der Waals surface area (Å²) in [7, 11) is 1.45. The van der Waals surface area contributed by atoms with Gasteiger partial charge in [0.2, 0.25) is 0 Å². The molecule has 6 rings (SSSR count). The summed E-state index contributed by atoms with van der Waals surface area (Å²) in [5.41, 5.74) is 0.126. The average molecular weight is 400 g/mol. The molecular weight excluding hydrogens is 372 g/mol. The van der Waals surface area contributed by atoms with Crippen LogP contribution in [0.3, 0.4) is 0 Å². The van der Waals surface area contributed by atoms with Gasteiger partial charge in [-0.05, 0) is 50.5 Å². The molecule has 0 amide bonds. The third-order valence-electron chi connectivity index (χ3n) is 9.50. The van der Waals surface area contributed by atoms with E-state index < -0.39 is 0 Å². The van der Waals surface area contributed by atoms with Crippen molar-refractivity contribution in [3.8, 4) is 0 Å². The van der Waals surface area contributed by atoms with E-state index in [-0.39, 0.29) is 58.2 Å². The van der Waals surface area contributed by atoms with Crippen LogP contribution >= 0.6 is 0 Å². The summed E-state index contributed by atoms with van der Waals surface area (Å²) in [6, 6.07) is 0. The highest BCUT2D eigenvalue weighted by Gasteiger charge is 2.81. The summed E-state index contributed by atoms with van der Waals surface area (Å²) in [5, 5.41) is 0. The zero-order chi connectivity index (χ0) is 20.2. The van der Waals surface area contributed by atoms with Crippen LogP contribution in [0.5, 0.6) is 0 Å². The second kappa shape index (κ2) is 5.51. The first-order valence-corrected chi connectivity index (χ1v) is 11.1. The zero-order valence-electron chi connectivity index (χ0n) is 17.1. The molecule has 0 radical (unpaired) electrons. The maximum Gasteiger partial charge on any atom is 0.309 e. The predicted octanol–water partition coefficient (Wildman–Crippen LogP) is 2.73. The first-order chi connectivity index (χ1) is 13.8. The summed E-state index contributed by atoms with van der Waals surface area (Å²) in [6.07, 6.45) is 7.78. The Balaban J connectivity index is 1.45. The Morgan fingerprint density at radius 2 is 2.03 bits per heavy atom. The molecule has 2 heterocycles. The second-order valence-electron chi connectivity index (χ2n) is 10.3. The van der Waals surface area contributed by atoms with Crippen LogP contribution in [-0.2, 0) is 28.6 Å². The fourth-order valence-corrected chi connectivity index (χ4v) is 8.24. The molecule has 3 saturated carbocycles. The minimum absolute atomic E-state index is 0.0627. The van der Waals surface area contributed by atoms with Crippen molar-refractivity contribution >= 4 is 17.7 Å². The Bertz CT molecular complexity index is 861. The molecule has 2 spiro atoms. The van der Waals surface area contributed by atoms with Crippen LogP contribution in [0.15, 0.2) is 11.6 Å². The van der Waals surface area contributed by atoms with E-state index in [4.69, 9.17) is 14.2 Å². The molecule has 0 aromatic heterocycles. The Labute approximate surface area is 170 Å². The van der Waals surface area contributed by atoms with Gasteiger partial charge in [-0.3, -0.25) is 14.4 Å². The van der Waals surface area contributed by atoms with Crippen molar-refractivity contribution in [1.82, 2.24) is 0 Å². The second-order valence-corrected chi connectivity index (χ2v) is 10.3. The molecule has 6 heteroatoms. The van der Waals surface area contributed by atoms with E-state index >= 15 is 0 Å². The maximum absolute atomic E-state index is 12.9. The van der Waals surface area contributed by atoms with E-state index in [0.717, 1.165) is 37.7 Å². The molecular formula is C23H28O6. The average Bonchev–Trinajstić information content (AvgIpc) is 3.19.